The van der Waals surface area contributed by atoms with E-state index in [1.165, 1.54) is 0 Å². The van der Waals surface area contributed by atoms with Gasteiger partial charge in [-0.2, -0.15) is 13.2 Å². The number of rotatable bonds is 4. The van der Waals surface area contributed by atoms with E-state index in [4.69, 9.17) is 11.6 Å². The average molecular weight is 412 g/mol. The van der Waals surface area contributed by atoms with Crippen molar-refractivity contribution in [3.8, 4) is 0 Å². The van der Waals surface area contributed by atoms with Crippen LogP contribution in [0.4, 0.5) is 17.6 Å². The second-order valence-corrected chi connectivity index (χ2v) is 5.95. The second-order valence-electron chi connectivity index (χ2n) is 5.55. The quantitative estimate of drug-likeness (QED) is 0.708. The first-order valence-corrected chi connectivity index (χ1v) is 7.63. The minimum atomic E-state index is -4.26. The fourth-order valence-corrected chi connectivity index (χ4v) is 3.06. The van der Waals surface area contributed by atoms with E-state index in [0.717, 1.165) is 0 Å². The van der Waals surface area contributed by atoms with Crippen LogP contribution in [0.25, 0.3) is 0 Å². The molecular formula is C15H21Cl3F4N2. The number of benzene rings is 1. The van der Waals surface area contributed by atoms with E-state index in [1.54, 1.807) is 19.1 Å². The highest BCUT2D eigenvalue weighted by molar-refractivity contribution is 6.31. The van der Waals surface area contributed by atoms with Crippen molar-refractivity contribution in [1.82, 2.24) is 10.2 Å². The van der Waals surface area contributed by atoms with Gasteiger partial charge >= 0.3 is 6.18 Å². The molecule has 9 heteroatoms. The van der Waals surface area contributed by atoms with Gasteiger partial charge in [0.15, 0.2) is 0 Å². The van der Waals surface area contributed by atoms with Crippen LogP contribution in [0.15, 0.2) is 12.1 Å². The van der Waals surface area contributed by atoms with Crippen molar-refractivity contribution >= 4 is 36.4 Å². The number of nitrogens with one attached hydrogen (secondary N) is 1. The maximum atomic E-state index is 14.5. The molecule has 140 valence electrons. The average Bonchev–Trinajstić information content (AvgIpc) is 2.46. The number of piperazine rings is 1. The molecule has 0 saturated carbocycles. The molecule has 1 aromatic rings. The normalized spacial score (nSPS) is 16.9. The highest BCUT2D eigenvalue weighted by Gasteiger charge is 2.33. The van der Waals surface area contributed by atoms with Gasteiger partial charge in [0.2, 0.25) is 0 Å². The molecule has 1 N–H and O–H groups in total. The zero-order valence-corrected chi connectivity index (χ0v) is 15.5. The largest absolute Gasteiger partial charge is 0.389 e. The van der Waals surface area contributed by atoms with Gasteiger partial charge in [0.05, 0.1) is 0 Å². The Morgan fingerprint density at radius 3 is 2.33 bits per heavy atom. The number of halogens is 7. The van der Waals surface area contributed by atoms with Crippen LogP contribution < -0.4 is 5.32 Å². The van der Waals surface area contributed by atoms with Gasteiger partial charge in [-0.3, -0.25) is 4.90 Å². The lowest BCUT2D eigenvalue weighted by atomic mass is 9.97. The predicted molar refractivity (Wildman–Crippen MR) is 93.1 cm³/mol. The fourth-order valence-electron chi connectivity index (χ4n) is 2.79. The van der Waals surface area contributed by atoms with Crippen LogP contribution >= 0.6 is 36.4 Å². The summed E-state index contributed by atoms with van der Waals surface area (Å²) in [5.74, 6) is -0.502. The lowest BCUT2D eigenvalue weighted by Crippen LogP contribution is -2.45. The third-order valence-electron chi connectivity index (χ3n) is 3.95. The van der Waals surface area contributed by atoms with Gasteiger partial charge in [-0.05, 0) is 25.0 Å². The highest BCUT2D eigenvalue weighted by Crippen LogP contribution is 2.37. The Morgan fingerprint density at radius 1 is 1.21 bits per heavy atom. The summed E-state index contributed by atoms with van der Waals surface area (Å²) in [6.07, 6.45) is -5.41. The third kappa shape index (κ3) is 6.23. The topological polar surface area (TPSA) is 15.3 Å². The van der Waals surface area contributed by atoms with Crippen LogP contribution in [0.3, 0.4) is 0 Å². The number of nitrogens with zero attached hydrogens (tertiary/aromatic N) is 1. The molecule has 1 aliphatic heterocycles. The molecule has 2 nitrogen and oxygen atoms in total. The molecule has 0 amide bonds. The highest BCUT2D eigenvalue weighted by atomic mass is 35.5. The van der Waals surface area contributed by atoms with Crippen LogP contribution in [0.2, 0.25) is 5.02 Å². The molecule has 0 aliphatic carbocycles. The summed E-state index contributed by atoms with van der Waals surface area (Å²) in [4.78, 5) is 1.88. The van der Waals surface area contributed by atoms with E-state index in [1.807, 2.05) is 4.90 Å². The maximum Gasteiger partial charge on any atom is 0.389 e. The first-order chi connectivity index (χ1) is 10.3. The number of hydrogen-bond donors (Lipinski definition) is 1. The van der Waals surface area contributed by atoms with E-state index in [2.05, 4.69) is 5.32 Å². The van der Waals surface area contributed by atoms with Gasteiger partial charge < -0.3 is 5.32 Å². The standard InChI is InChI=1S/C15H19ClF4N2.2ClH/c1-10-2-3-11(16)13(14(10)17)12(4-5-15(18,19)20)22-8-6-21-7-9-22;;/h2-3,12,21H,4-9H2,1H3;2*1H/t12-;;/m0../s1. The molecule has 2 rings (SSSR count). The van der Waals surface area contributed by atoms with Crippen molar-refractivity contribution < 1.29 is 17.6 Å². The van der Waals surface area contributed by atoms with Crippen LogP contribution in [0.1, 0.15) is 30.0 Å². The minimum Gasteiger partial charge on any atom is -0.314 e. The molecular weight excluding hydrogens is 391 g/mol. The zero-order valence-electron chi connectivity index (χ0n) is 13.1. The monoisotopic (exact) mass is 410 g/mol. The van der Waals surface area contributed by atoms with Crippen LogP contribution in [0.5, 0.6) is 0 Å². The molecule has 0 aromatic heterocycles. The van der Waals surface area contributed by atoms with E-state index in [9.17, 15) is 17.6 Å². The van der Waals surface area contributed by atoms with Crippen LogP contribution in [-0.4, -0.2) is 37.3 Å². The van der Waals surface area contributed by atoms with Crippen LogP contribution in [0, 0.1) is 12.7 Å². The molecule has 1 aliphatic rings. The number of hydrogen-bond acceptors (Lipinski definition) is 2. The Morgan fingerprint density at radius 2 is 1.79 bits per heavy atom. The van der Waals surface area contributed by atoms with Gasteiger partial charge in [-0.25, -0.2) is 4.39 Å². The summed E-state index contributed by atoms with van der Waals surface area (Å²) in [7, 11) is 0. The predicted octanol–water partition coefficient (Wildman–Crippen LogP) is 4.92. The van der Waals surface area contributed by atoms with Gasteiger partial charge in [-0.15, -0.1) is 24.8 Å². The first-order valence-electron chi connectivity index (χ1n) is 7.25. The Hall–Kier alpha value is -0.270. The molecule has 1 saturated heterocycles. The van der Waals surface area contributed by atoms with Gasteiger partial charge in [0, 0.05) is 49.2 Å². The lowest BCUT2D eigenvalue weighted by Gasteiger charge is -2.36. The SMILES string of the molecule is Cc1ccc(Cl)c([C@H](CCC(F)(F)F)N2CCNCC2)c1F.Cl.Cl. The van der Waals surface area contributed by atoms with E-state index < -0.39 is 24.5 Å². The van der Waals surface area contributed by atoms with Crippen molar-refractivity contribution in [3.63, 3.8) is 0 Å². The lowest BCUT2D eigenvalue weighted by molar-refractivity contribution is -0.138. The minimum absolute atomic E-state index is 0. The first kappa shape index (κ1) is 23.7. The van der Waals surface area contributed by atoms with E-state index in [-0.39, 0.29) is 41.8 Å². The summed E-state index contributed by atoms with van der Waals surface area (Å²) in [6.45, 7) is 4.09. The summed E-state index contributed by atoms with van der Waals surface area (Å²) < 4.78 is 52.3. The summed E-state index contributed by atoms with van der Waals surface area (Å²) in [5.41, 5.74) is 0.583. The smallest absolute Gasteiger partial charge is 0.314 e. The van der Waals surface area contributed by atoms with Crippen molar-refractivity contribution in [2.75, 3.05) is 26.2 Å². The zero-order chi connectivity index (χ0) is 16.3. The van der Waals surface area contributed by atoms with Crippen molar-refractivity contribution in [2.45, 2.75) is 32.0 Å². The Kier molecular flexibility index (Phi) is 9.91. The molecule has 24 heavy (non-hydrogen) atoms. The summed E-state index contributed by atoms with van der Waals surface area (Å²) in [5, 5.41) is 3.33. The molecule has 1 fully saturated rings. The molecule has 0 bridgehead atoms. The number of aryl methyl sites for hydroxylation is 1. The molecule has 0 unspecified atom stereocenters. The molecule has 1 atom stereocenters. The molecule has 0 radical (unpaired) electrons. The molecule has 0 spiro atoms. The van der Waals surface area contributed by atoms with Crippen LogP contribution in [-0.2, 0) is 0 Å². The Bertz CT molecular complexity index is 520. The van der Waals surface area contributed by atoms with Gasteiger partial charge in [-0.1, -0.05) is 17.7 Å². The maximum absolute atomic E-state index is 14.5. The Labute approximate surface area is 156 Å². The summed E-state index contributed by atoms with van der Waals surface area (Å²) in [6, 6.07) is 2.44. The number of alkyl halides is 3. The Balaban J connectivity index is 0.00000264. The van der Waals surface area contributed by atoms with E-state index >= 15 is 0 Å². The van der Waals surface area contributed by atoms with Gasteiger partial charge in [0.25, 0.3) is 0 Å². The van der Waals surface area contributed by atoms with Crippen molar-refractivity contribution in [2.24, 2.45) is 0 Å². The van der Waals surface area contributed by atoms with E-state index in [0.29, 0.717) is 31.7 Å². The van der Waals surface area contributed by atoms with Crippen molar-refractivity contribution in [1.29, 1.82) is 0 Å². The van der Waals surface area contributed by atoms with Gasteiger partial charge in [0.1, 0.15) is 5.82 Å². The third-order valence-corrected chi connectivity index (χ3v) is 4.28. The summed E-state index contributed by atoms with van der Waals surface area (Å²) >= 11 is 6.10. The second kappa shape index (κ2) is 10.0. The van der Waals surface area contributed by atoms with Crippen molar-refractivity contribution in [3.05, 3.63) is 34.1 Å². The molecule has 1 heterocycles. The fraction of sp³-hybridized carbons (Fsp3) is 0.600. The molecule has 1 aromatic carbocycles.